The molecule has 0 heterocycles. The minimum absolute atomic E-state index is 0.570. The predicted molar refractivity (Wildman–Crippen MR) is 74.3 cm³/mol. The third-order valence-corrected chi connectivity index (χ3v) is 3.08. The Labute approximate surface area is 109 Å². The van der Waals surface area contributed by atoms with Gasteiger partial charge in [0, 0.05) is 11.8 Å². The van der Waals surface area contributed by atoms with Crippen molar-refractivity contribution < 1.29 is 4.74 Å². The van der Waals surface area contributed by atoms with Crippen molar-refractivity contribution in [3.8, 4) is 5.75 Å². The summed E-state index contributed by atoms with van der Waals surface area (Å²) in [6, 6.07) is 15.8. The Bertz CT molecular complexity index is 471. The predicted octanol–water partition coefficient (Wildman–Crippen LogP) is 3.45. The minimum atomic E-state index is 0.570. The average Bonchev–Trinajstić information content (AvgIpc) is 2.32. The zero-order chi connectivity index (χ0) is 11.4. The molecule has 2 aromatic rings. The van der Waals surface area contributed by atoms with Crippen LogP contribution in [0, 0.1) is 3.57 Å². The molecule has 0 bridgehead atoms. The molecule has 2 nitrogen and oxygen atoms in total. The molecule has 0 amide bonds. The molecular formula is C13H12INO. The third kappa shape index (κ3) is 2.88. The highest BCUT2D eigenvalue weighted by atomic mass is 127. The van der Waals surface area contributed by atoms with Crippen molar-refractivity contribution in [3.63, 3.8) is 0 Å². The van der Waals surface area contributed by atoms with E-state index < -0.39 is 0 Å². The highest BCUT2D eigenvalue weighted by Crippen LogP contribution is 2.24. The normalized spacial score (nSPS) is 10.1. The summed E-state index contributed by atoms with van der Waals surface area (Å²) in [6.07, 6.45) is 0. The molecule has 0 radical (unpaired) electrons. The van der Waals surface area contributed by atoms with Gasteiger partial charge in [-0.1, -0.05) is 30.3 Å². The third-order valence-electron chi connectivity index (χ3n) is 2.19. The lowest BCUT2D eigenvalue weighted by Gasteiger charge is -2.08. The number of anilines is 1. The summed E-state index contributed by atoms with van der Waals surface area (Å²) >= 11 is 2.24. The lowest BCUT2D eigenvalue weighted by molar-refractivity contribution is 0.304. The number of hydrogen-bond donors (Lipinski definition) is 1. The Balaban J connectivity index is 2.08. The van der Waals surface area contributed by atoms with Crippen molar-refractivity contribution >= 4 is 28.3 Å². The molecule has 0 atom stereocenters. The van der Waals surface area contributed by atoms with Crippen LogP contribution in [-0.4, -0.2) is 0 Å². The van der Waals surface area contributed by atoms with Crippen LogP contribution in [0.15, 0.2) is 48.5 Å². The van der Waals surface area contributed by atoms with Gasteiger partial charge in [-0.15, -0.1) is 0 Å². The zero-order valence-electron chi connectivity index (χ0n) is 8.69. The molecule has 0 aliphatic heterocycles. The first-order chi connectivity index (χ1) is 7.75. The van der Waals surface area contributed by atoms with Crippen molar-refractivity contribution in [2.75, 3.05) is 5.73 Å². The van der Waals surface area contributed by atoms with Gasteiger partial charge >= 0.3 is 0 Å². The monoisotopic (exact) mass is 325 g/mol. The second-order valence-electron chi connectivity index (χ2n) is 3.46. The fourth-order valence-electron chi connectivity index (χ4n) is 1.37. The van der Waals surface area contributed by atoms with Crippen LogP contribution >= 0.6 is 22.6 Å². The molecule has 16 heavy (non-hydrogen) atoms. The van der Waals surface area contributed by atoms with Crippen LogP contribution in [0.5, 0.6) is 5.75 Å². The first-order valence-electron chi connectivity index (χ1n) is 4.97. The molecule has 0 unspecified atom stereocenters. The van der Waals surface area contributed by atoms with E-state index in [1.165, 1.54) is 0 Å². The number of hydrogen-bond acceptors (Lipinski definition) is 2. The quantitative estimate of drug-likeness (QED) is 0.693. The van der Waals surface area contributed by atoms with Gasteiger partial charge in [0.15, 0.2) is 0 Å². The maximum absolute atomic E-state index is 5.72. The van der Waals surface area contributed by atoms with E-state index >= 15 is 0 Å². The maximum Gasteiger partial charge on any atom is 0.135 e. The van der Waals surface area contributed by atoms with Gasteiger partial charge in [-0.25, -0.2) is 0 Å². The Kier molecular flexibility index (Phi) is 3.66. The Morgan fingerprint density at radius 2 is 1.81 bits per heavy atom. The van der Waals surface area contributed by atoms with Gasteiger partial charge in [-0.05, 0) is 40.3 Å². The topological polar surface area (TPSA) is 35.2 Å². The summed E-state index contributed by atoms with van der Waals surface area (Å²) in [5, 5.41) is 0. The van der Waals surface area contributed by atoms with Gasteiger partial charge < -0.3 is 10.5 Å². The SMILES string of the molecule is Nc1ccc(I)c(OCc2ccccc2)c1. The summed E-state index contributed by atoms with van der Waals surface area (Å²) in [5.41, 5.74) is 7.59. The van der Waals surface area contributed by atoms with E-state index in [-0.39, 0.29) is 0 Å². The standard InChI is InChI=1S/C13H12INO/c14-12-7-6-11(15)8-13(12)16-9-10-4-2-1-3-5-10/h1-8H,9,15H2. The molecule has 0 aliphatic carbocycles. The van der Waals surface area contributed by atoms with Crippen molar-refractivity contribution in [1.82, 2.24) is 0 Å². The average molecular weight is 325 g/mol. The second-order valence-corrected chi connectivity index (χ2v) is 4.63. The smallest absolute Gasteiger partial charge is 0.135 e. The second kappa shape index (κ2) is 5.21. The van der Waals surface area contributed by atoms with Crippen molar-refractivity contribution in [1.29, 1.82) is 0 Å². The Morgan fingerprint density at radius 1 is 1.06 bits per heavy atom. The minimum Gasteiger partial charge on any atom is -0.488 e. The van der Waals surface area contributed by atoms with Gasteiger partial charge in [-0.2, -0.15) is 0 Å². The summed E-state index contributed by atoms with van der Waals surface area (Å²) < 4.78 is 6.79. The van der Waals surface area contributed by atoms with Crippen LogP contribution < -0.4 is 10.5 Å². The molecule has 0 spiro atoms. The molecule has 2 N–H and O–H groups in total. The number of nitrogen functional groups attached to an aromatic ring is 1. The Morgan fingerprint density at radius 3 is 2.56 bits per heavy atom. The molecule has 82 valence electrons. The van der Waals surface area contributed by atoms with Crippen LogP contribution in [-0.2, 0) is 6.61 Å². The van der Waals surface area contributed by atoms with E-state index in [0.717, 1.165) is 20.6 Å². The van der Waals surface area contributed by atoms with Crippen molar-refractivity contribution in [3.05, 3.63) is 57.7 Å². The van der Waals surface area contributed by atoms with E-state index in [1.807, 2.05) is 48.5 Å². The fraction of sp³-hybridized carbons (Fsp3) is 0.0769. The Hall–Kier alpha value is -1.23. The van der Waals surface area contributed by atoms with E-state index in [4.69, 9.17) is 10.5 Å². The van der Waals surface area contributed by atoms with Gasteiger partial charge in [0.2, 0.25) is 0 Å². The van der Waals surface area contributed by atoms with E-state index in [2.05, 4.69) is 22.6 Å². The van der Waals surface area contributed by atoms with Gasteiger partial charge in [0.25, 0.3) is 0 Å². The highest BCUT2D eigenvalue weighted by molar-refractivity contribution is 14.1. The van der Waals surface area contributed by atoms with Crippen molar-refractivity contribution in [2.45, 2.75) is 6.61 Å². The summed E-state index contributed by atoms with van der Waals surface area (Å²) in [6.45, 7) is 0.570. The highest BCUT2D eigenvalue weighted by Gasteiger charge is 2.01. The molecule has 0 saturated heterocycles. The van der Waals surface area contributed by atoms with Crippen LogP contribution in [0.1, 0.15) is 5.56 Å². The largest absolute Gasteiger partial charge is 0.488 e. The van der Waals surface area contributed by atoms with Crippen LogP contribution in [0.4, 0.5) is 5.69 Å². The van der Waals surface area contributed by atoms with Crippen molar-refractivity contribution in [2.24, 2.45) is 0 Å². The van der Waals surface area contributed by atoms with E-state index in [9.17, 15) is 0 Å². The molecular weight excluding hydrogens is 313 g/mol. The molecule has 0 saturated carbocycles. The molecule has 2 rings (SSSR count). The lowest BCUT2D eigenvalue weighted by Crippen LogP contribution is -1.97. The fourth-order valence-corrected chi connectivity index (χ4v) is 1.86. The number of rotatable bonds is 3. The van der Waals surface area contributed by atoms with Crippen LogP contribution in [0.3, 0.4) is 0 Å². The molecule has 0 aromatic heterocycles. The number of nitrogens with two attached hydrogens (primary N) is 1. The van der Waals surface area contributed by atoms with E-state index in [1.54, 1.807) is 0 Å². The number of halogens is 1. The van der Waals surface area contributed by atoms with E-state index in [0.29, 0.717) is 6.61 Å². The summed E-state index contributed by atoms with van der Waals surface area (Å²) in [5.74, 6) is 0.837. The van der Waals surface area contributed by atoms with Gasteiger partial charge in [0.1, 0.15) is 12.4 Å². The lowest BCUT2D eigenvalue weighted by atomic mass is 10.2. The summed E-state index contributed by atoms with van der Waals surface area (Å²) in [7, 11) is 0. The molecule has 0 fully saturated rings. The number of ether oxygens (including phenoxy) is 1. The summed E-state index contributed by atoms with van der Waals surface area (Å²) in [4.78, 5) is 0. The van der Waals surface area contributed by atoms with Gasteiger partial charge in [-0.3, -0.25) is 0 Å². The van der Waals surface area contributed by atoms with Crippen LogP contribution in [0.25, 0.3) is 0 Å². The van der Waals surface area contributed by atoms with Gasteiger partial charge in [0.05, 0.1) is 3.57 Å². The maximum atomic E-state index is 5.72. The molecule has 0 aliphatic rings. The molecule has 3 heteroatoms. The first-order valence-corrected chi connectivity index (χ1v) is 6.05. The number of benzene rings is 2. The first kappa shape index (κ1) is 11.3. The van der Waals surface area contributed by atoms with Crippen LogP contribution in [0.2, 0.25) is 0 Å². The zero-order valence-corrected chi connectivity index (χ0v) is 10.8. The molecule has 2 aromatic carbocycles.